The molecule has 0 atom stereocenters. The number of ether oxygens (including phenoxy) is 1. The SMILES string of the molecule is Oc1ccc(OC(F)(F)F)c([B-](F)(F)F)c1. The van der Waals surface area contributed by atoms with E-state index in [1.807, 2.05) is 0 Å². The van der Waals surface area contributed by atoms with Gasteiger partial charge in [0.1, 0.15) is 11.5 Å². The molecule has 0 aliphatic rings. The summed E-state index contributed by atoms with van der Waals surface area (Å²) >= 11 is 0. The van der Waals surface area contributed by atoms with Crippen LogP contribution in [0.1, 0.15) is 0 Å². The van der Waals surface area contributed by atoms with Crippen LogP contribution in [0.5, 0.6) is 11.5 Å². The Morgan fingerprint density at radius 1 is 1.12 bits per heavy atom. The topological polar surface area (TPSA) is 29.5 Å². The Morgan fingerprint density at radius 2 is 1.69 bits per heavy atom. The van der Waals surface area contributed by atoms with Gasteiger partial charge in [0.05, 0.1) is 0 Å². The number of benzene rings is 1. The maximum absolute atomic E-state index is 12.3. The highest BCUT2D eigenvalue weighted by molar-refractivity contribution is 6.74. The lowest BCUT2D eigenvalue weighted by molar-refractivity contribution is -0.274. The zero-order valence-corrected chi connectivity index (χ0v) is 7.43. The van der Waals surface area contributed by atoms with Crippen molar-refractivity contribution in [2.45, 2.75) is 6.36 Å². The molecular weight excluding hydrogens is 241 g/mol. The Balaban J connectivity index is 3.19. The molecule has 1 aromatic rings. The second-order valence-electron chi connectivity index (χ2n) is 2.84. The van der Waals surface area contributed by atoms with Gasteiger partial charge in [0.25, 0.3) is 0 Å². The molecule has 0 amide bonds. The quantitative estimate of drug-likeness (QED) is 0.640. The second kappa shape index (κ2) is 3.80. The minimum atomic E-state index is -5.70. The normalized spacial score (nSPS) is 12.6. The van der Waals surface area contributed by atoms with Gasteiger partial charge in [-0.25, -0.2) is 0 Å². The van der Waals surface area contributed by atoms with E-state index in [0.717, 1.165) is 0 Å². The second-order valence-corrected chi connectivity index (χ2v) is 2.84. The number of alkyl halides is 3. The number of phenolic OH excluding ortho intramolecular Hbond substituents is 1. The van der Waals surface area contributed by atoms with Gasteiger partial charge in [-0.15, -0.1) is 13.2 Å². The van der Waals surface area contributed by atoms with Crippen LogP contribution in [-0.2, 0) is 0 Å². The molecule has 0 aliphatic heterocycles. The van der Waals surface area contributed by atoms with Gasteiger partial charge in [0.15, 0.2) is 0 Å². The van der Waals surface area contributed by atoms with Crippen LogP contribution in [0.25, 0.3) is 0 Å². The lowest BCUT2D eigenvalue weighted by Crippen LogP contribution is -2.37. The lowest BCUT2D eigenvalue weighted by Gasteiger charge is -2.20. The monoisotopic (exact) mass is 245 g/mol. The molecule has 1 rings (SSSR count). The van der Waals surface area contributed by atoms with Crippen molar-refractivity contribution in [2.75, 3.05) is 0 Å². The third-order valence-electron chi connectivity index (χ3n) is 1.57. The lowest BCUT2D eigenvalue weighted by atomic mass is 9.79. The van der Waals surface area contributed by atoms with E-state index in [-0.39, 0.29) is 6.07 Å². The smallest absolute Gasteiger partial charge is 0.508 e. The molecule has 0 aromatic heterocycles. The summed E-state index contributed by atoms with van der Waals surface area (Å²) in [6.07, 6.45) is -5.22. The fraction of sp³-hybridized carbons (Fsp3) is 0.143. The van der Waals surface area contributed by atoms with E-state index in [9.17, 15) is 26.1 Å². The Bertz CT molecular complexity index is 385. The molecule has 9 heteroatoms. The molecule has 0 bridgehead atoms. The van der Waals surface area contributed by atoms with Crippen molar-refractivity contribution in [3.05, 3.63) is 18.2 Å². The number of hydrogen-bond acceptors (Lipinski definition) is 2. The van der Waals surface area contributed by atoms with Crippen molar-refractivity contribution in [1.82, 2.24) is 0 Å². The van der Waals surface area contributed by atoms with Gasteiger partial charge in [-0.3, -0.25) is 0 Å². The van der Waals surface area contributed by atoms with Crippen molar-refractivity contribution in [2.24, 2.45) is 0 Å². The zero-order chi connectivity index (χ0) is 12.6. The van der Waals surface area contributed by atoms with Crippen molar-refractivity contribution in [3.63, 3.8) is 0 Å². The summed E-state index contributed by atoms with van der Waals surface area (Å²) in [5.41, 5.74) is -1.63. The van der Waals surface area contributed by atoms with Crippen LogP contribution in [-0.4, -0.2) is 18.4 Å². The molecule has 0 saturated heterocycles. The summed E-state index contributed by atoms with van der Waals surface area (Å²) in [5, 5.41) is 8.77. The van der Waals surface area contributed by atoms with Crippen LogP contribution >= 0.6 is 0 Å². The Hall–Kier alpha value is -1.54. The van der Waals surface area contributed by atoms with Crippen LogP contribution in [0.2, 0.25) is 0 Å². The molecule has 1 N–H and O–H groups in total. The maximum atomic E-state index is 12.3. The molecule has 16 heavy (non-hydrogen) atoms. The Morgan fingerprint density at radius 3 is 2.12 bits per heavy atom. The third kappa shape index (κ3) is 3.25. The van der Waals surface area contributed by atoms with Crippen LogP contribution in [0.4, 0.5) is 26.1 Å². The van der Waals surface area contributed by atoms with E-state index in [1.54, 1.807) is 0 Å². The van der Waals surface area contributed by atoms with Gasteiger partial charge in [0, 0.05) is 0 Å². The van der Waals surface area contributed by atoms with Crippen molar-refractivity contribution in [1.29, 1.82) is 0 Å². The highest BCUT2D eigenvalue weighted by Crippen LogP contribution is 2.26. The predicted molar refractivity (Wildman–Crippen MR) is 43.5 cm³/mol. The van der Waals surface area contributed by atoms with Crippen molar-refractivity contribution < 1.29 is 36.0 Å². The molecule has 0 saturated carbocycles. The summed E-state index contributed by atoms with van der Waals surface area (Å²) in [6.45, 7) is -5.70. The minimum absolute atomic E-state index is 0.182. The molecule has 0 aliphatic carbocycles. The molecule has 90 valence electrons. The average molecular weight is 245 g/mol. The highest BCUT2D eigenvalue weighted by atomic mass is 19.4. The van der Waals surface area contributed by atoms with Gasteiger partial charge in [0.2, 0.25) is 0 Å². The molecule has 2 nitrogen and oxygen atoms in total. The summed E-state index contributed by atoms with van der Waals surface area (Å²) < 4.78 is 75.4. The largest absolute Gasteiger partial charge is 0.572 e. The van der Waals surface area contributed by atoms with E-state index in [0.29, 0.717) is 12.1 Å². The Kier molecular flexibility index (Phi) is 2.98. The van der Waals surface area contributed by atoms with Crippen molar-refractivity contribution in [3.8, 4) is 11.5 Å². The molecule has 0 spiro atoms. The summed E-state index contributed by atoms with van der Waals surface area (Å²) in [7, 11) is 0. The summed E-state index contributed by atoms with van der Waals surface area (Å²) in [6, 6.07) is 1.26. The van der Waals surface area contributed by atoms with E-state index in [4.69, 9.17) is 5.11 Å². The van der Waals surface area contributed by atoms with Crippen LogP contribution < -0.4 is 10.2 Å². The average Bonchev–Trinajstić information content (AvgIpc) is 2.04. The van der Waals surface area contributed by atoms with Gasteiger partial charge >= 0.3 is 13.3 Å². The summed E-state index contributed by atoms with van der Waals surface area (Å²) in [5.74, 6) is -2.17. The van der Waals surface area contributed by atoms with Crippen LogP contribution in [0, 0.1) is 0 Å². The maximum Gasteiger partial charge on any atom is 0.572 e. The molecule has 0 unspecified atom stereocenters. The molecule has 0 radical (unpaired) electrons. The van der Waals surface area contributed by atoms with Gasteiger partial charge < -0.3 is 22.8 Å². The molecule has 1 aromatic carbocycles. The highest BCUT2D eigenvalue weighted by Gasteiger charge is 2.36. The van der Waals surface area contributed by atoms with Gasteiger partial charge in [-0.1, -0.05) is 5.46 Å². The van der Waals surface area contributed by atoms with Crippen molar-refractivity contribution >= 4 is 12.4 Å². The number of halogens is 6. The summed E-state index contributed by atoms with van der Waals surface area (Å²) in [4.78, 5) is 0. The van der Waals surface area contributed by atoms with Gasteiger partial charge in [-0.2, -0.15) is 0 Å². The van der Waals surface area contributed by atoms with E-state index in [1.165, 1.54) is 0 Å². The fourth-order valence-electron chi connectivity index (χ4n) is 1.01. The standard InChI is InChI=1S/C7H4BF6O2/c9-7(10,11)16-6-2-1-4(15)3-5(6)8(12,13)14/h1-3,15H/q-1. The number of aromatic hydroxyl groups is 1. The van der Waals surface area contributed by atoms with Crippen LogP contribution in [0.3, 0.4) is 0 Å². The number of hydrogen-bond donors (Lipinski definition) is 1. The first-order valence-corrected chi connectivity index (χ1v) is 3.88. The Labute approximate surface area is 85.5 Å². The van der Waals surface area contributed by atoms with E-state index in [2.05, 4.69) is 4.74 Å². The van der Waals surface area contributed by atoms with Gasteiger partial charge in [-0.05, 0) is 18.2 Å². The van der Waals surface area contributed by atoms with E-state index >= 15 is 0 Å². The van der Waals surface area contributed by atoms with E-state index < -0.39 is 30.3 Å². The molecular formula is C7H4BF6O2-. The first-order valence-electron chi connectivity index (χ1n) is 3.88. The van der Waals surface area contributed by atoms with Crippen LogP contribution in [0.15, 0.2) is 18.2 Å². The minimum Gasteiger partial charge on any atom is -0.508 e. The predicted octanol–water partition coefficient (Wildman–Crippen LogP) is 2.35. The third-order valence-corrected chi connectivity index (χ3v) is 1.57. The number of phenols is 1. The number of rotatable bonds is 2. The molecule has 0 fully saturated rings. The molecule has 0 heterocycles. The first kappa shape index (κ1) is 12.5. The fourth-order valence-corrected chi connectivity index (χ4v) is 1.01. The first-order chi connectivity index (χ1) is 7.09. The zero-order valence-electron chi connectivity index (χ0n) is 7.43.